The highest BCUT2D eigenvalue weighted by molar-refractivity contribution is 6.00. The van der Waals surface area contributed by atoms with Crippen molar-refractivity contribution in [3.8, 4) is 16.9 Å². The number of fused-ring (bicyclic) bond motifs is 1. The molecule has 0 fully saturated rings. The van der Waals surface area contributed by atoms with Crippen LogP contribution in [0.4, 0.5) is 0 Å². The van der Waals surface area contributed by atoms with E-state index in [0.29, 0.717) is 33.8 Å². The molecule has 0 bridgehead atoms. The number of hydrogen-bond acceptors (Lipinski definition) is 8. The van der Waals surface area contributed by atoms with Gasteiger partial charge in [0.15, 0.2) is 0 Å². The summed E-state index contributed by atoms with van der Waals surface area (Å²) in [4.78, 5) is 27.4. The minimum absolute atomic E-state index is 0.0654. The highest BCUT2D eigenvalue weighted by Crippen LogP contribution is 2.43. The number of para-hydroxylation sites is 1. The van der Waals surface area contributed by atoms with Gasteiger partial charge in [-0.05, 0) is 42.8 Å². The largest absolute Gasteiger partial charge is 0.460 e. The first-order valence-corrected chi connectivity index (χ1v) is 14.1. The van der Waals surface area contributed by atoms with Crippen LogP contribution < -0.4 is 5.32 Å². The third kappa shape index (κ3) is 6.38. The lowest BCUT2D eigenvalue weighted by Gasteiger charge is -2.30. The van der Waals surface area contributed by atoms with Gasteiger partial charge in [-0.1, -0.05) is 54.6 Å². The predicted octanol–water partition coefficient (Wildman–Crippen LogP) is 5.31. The number of carbonyl (C=O) groups is 2. The van der Waals surface area contributed by atoms with Crippen LogP contribution in [0, 0.1) is 0 Å². The lowest BCUT2D eigenvalue weighted by Crippen LogP contribution is -2.33. The maximum Gasteiger partial charge on any atom is 0.336 e. The number of nitrogens with one attached hydrogen (secondary N) is 1. The van der Waals surface area contributed by atoms with Gasteiger partial charge in [0.05, 0.1) is 41.7 Å². The number of nitrogens with zero attached hydrogens (tertiary/aromatic N) is 2. The smallest absolute Gasteiger partial charge is 0.336 e. The fraction of sp³-hybridized carbons (Fsp3) is 0.265. The van der Waals surface area contributed by atoms with E-state index in [0.717, 1.165) is 22.0 Å². The molecule has 0 radical (unpaired) electrons. The van der Waals surface area contributed by atoms with Gasteiger partial charge >= 0.3 is 11.9 Å². The third-order valence-corrected chi connectivity index (χ3v) is 7.34. The molecule has 1 N–H and O–H groups in total. The second-order valence-corrected chi connectivity index (χ2v) is 10.2. The Morgan fingerprint density at radius 1 is 0.767 bits per heavy atom. The molecular formula is C34H35N3O6. The molecule has 9 heteroatoms. The van der Waals surface area contributed by atoms with Gasteiger partial charge in [0.25, 0.3) is 0 Å². The molecule has 5 rings (SSSR count). The second kappa shape index (κ2) is 13.5. The Kier molecular flexibility index (Phi) is 9.34. The number of benzene rings is 3. The molecule has 0 spiro atoms. The van der Waals surface area contributed by atoms with Crippen LogP contribution >= 0.6 is 0 Å². The number of dihydropyridines is 1. The zero-order valence-corrected chi connectivity index (χ0v) is 24.8. The van der Waals surface area contributed by atoms with Gasteiger partial charge in [-0.2, -0.15) is 5.10 Å². The molecule has 1 aliphatic heterocycles. The molecule has 0 saturated carbocycles. The van der Waals surface area contributed by atoms with Gasteiger partial charge in [-0.25, -0.2) is 14.3 Å². The summed E-state index contributed by atoms with van der Waals surface area (Å²) in [5, 5.41) is 10.4. The number of aromatic nitrogens is 2. The summed E-state index contributed by atoms with van der Waals surface area (Å²) in [6.07, 6.45) is 1.88. The molecule has 0 unspecified atom stereocenters. The highest BCUT2D eigenvalue weighted by Gasteiger charge is 2.40. The van der Waals surface area contributed by atoms with E-state index in [1.165, 1.54) is 14.2 Å². The quantitative estimate of drug-likeness (QED) is 0.188. The van der Waals surface area contributed by atoms with E-state index in [-0.39, 0.29) is 26.4 Å². The summed E-state index contributed by atoms with van der Waals surface area (Å²) in [7, 11) is 3.08. The van der Waals surface area contributed by atoms with E-state index >= 15 is 0 Å². The van der Waals surface area contributed by atoms with Crippen molar-refractivity contribution in [3.63, 3.8) is 0 Å². The molecule has 0 saturated heterocycles. The minimum atomic E-state index is -0.828. The van der Waals surface area contributed by atoms with E-state index in [9.17, 15) is 9.59 Å². The number of ether oxygens (including phenoxy) is 4. The van der Waals surface area contributed by atoms with Crippen molar-refractivity contribution in [3.05, 3.63) is 107 Å². The van der Waals surface area contributed by atoms with Crippen LogP contribution in [-0.2, 0) is 28.5 Å². The van der Waals surface area contributed by atoms with Crippen molar-refractivity contribution in [1.82, 2.24) is 15.1 Å². The summed E-state index contributed by atoms with van der Waals surface area (Å²) >= 11 is 0. The molecule has 0 atom stereocenters. The highest BCUT2D eigenvalue weighted by atomic mass is 16.6. The van der Waals surface area contributed by atoms with Crippen LogP contribution in [0.25, 0.3) is 27.7 Å². The Balaban J connectivity index is 1.72. The van der Waals surface area contributed by atoms with E-state index in [1.807, 2.05) is 66.9 Å². The van der Waals surface area contributed by atoms with E-state index < -0.39 is 17.9 Å². The monoisotopic (exact) mass is 581 g/mol. The van der Waals surface area contributed by atoms with Crippen LogP contribution in [0.5, 0.6) is 0 Å². The zero-order chi connectivity index (χ0) is 30.3. The van der Waals surface area contributed by atoms with Crippen molar-refractivity contribution >= 4 is 22.7 Å². The van der Waals surface area contributed by atoms with Crippen molar-refractivity contribution in [2.75, 3.05) is 40.6 Å². The molecule has 1 aliphatic rings. The van der Waals surface area contributed by atoms with Crippen molar-refractivity contribution < 1.29 is 28.5 Å². The molecular weight excluding hydrogens is 546 g/mol. The number of esters is 2. The summed E-state index contributed by atoms with van der Waals surface area (Å²) in [5.41, 5.74) is 4.73. The predicted molar refractivity (Wildman–Crippen MR) is 163 cm³/mol. The van der Waals surface area contributed by atoms with Crippen LogP contribution in [0.15, 0.2) is 102 Å². The van der Waals surface area contributed by atoms with Gasteiger partial charge in [0.2, 0.25) is 0 Å². The Bertz CT molecular complexity index is 1640. The standard InChI is InChI=1S/C34H35N3O6/c1-22-29(33(38)42-18-16-40-3)31(30(23(2)35-22)34(39)43-19-17-41-4)28-21-37(27-12-6-5-7-13-27)36-32(28)26-15-14-24-10-8-9-11-25(24)20-26/h5-15,20-21,31,35H,16-19H2,1-4H3. The lowest BCUT2D eigenvalue weighted by molar-refractivity contribution is -0.141. The Hall–Kier alpha value is -4.73. The van der Waals surface area contributed by atoms with Gasteiger partial charge in [-0.3, -0.25) is 0 Å². The average Bonchev–Trinajstić information content (AvgIpc) is 3.46. The number of carbonyl (C=O) groups excluding carboxylic acids is 2. The molecule has 0 amide bonds. The van der Waals surface area contributed by atoms with Crippen LogP contribution in [-0.4, -0.2) is 62.4 Å². The summed E-state index contributed by atoms with van der Waals surface area (Å²) < 4.78 is 23.2. The van der Waals surface area contributed by atoms with E-state index in [2.05, 4.69) is 17.4 Å². The Morgan fingerprint density at radius 2 is 1.35 bits per heavy atom. The minimum Gasteiger partial charge on any atom is -0.460 e. The molecule has 1 aromatic heterocycles. The topological polar surface area (TPSA) is 101 Å². The lowest BCUT2D eigenvalue weighted by atomic mass is 9.79. The second-order valence-electron chi connectivity index (χ2n) is 10.2. The van der Waals surface area contributed by atoms with Crippen molar-refractivity contribution in [1.29, 1.82) is 0 Å². The van der Waals surface area contributed by atoms with Crippen LogP contribution in [0.3, 0.4) is 0 Å². The van der Waals surface area contributed by atoms with Crippen molar-refractivity contribution in [2.24, 2.45) is 0 Å². The van der Waals surface area contributed by atoms with Crippen LogP contribution in [0.1, 0.15) is 25.3 Å². The maximum atomic E-state index is 13.7. The van der Waals surface area contributed by atoms with Gasteiger partial charge in [0, 0.05) is 42.9 Å². The molecule has 222 valence electrons. The van der Waals surface area contributed by atoms with E-state index in [1.54, 1.807) is 18.5 Å². The van der Waals surface area contributed by atoms with Crippen LogP contribution in [0.2, 0.25) is 0 Å². The Morgan fingerprint density at radius 3 is 1.95 bits per heavy atom. The molecule has 2 heterocycles. The van der Waals surface area contributed by atoms with Crippen molar-refractivity contribution in [2.45, 2.75) is 19.8 Å². The van der Waals surface area contributed by atoms with Gasteiger partial charge in [-0.15, -0.1) is 0 Å². The number of methoxy groups -OCH3 is 2. The molecule has 43 heavy (non-hydrogen) atoms. The normalized spacial score (nSPS) is 13.8. The Labute approximate surface area is 250 Å². The molecule has 9 nitrogen and oxygen atoms in total. The SMILES string of the molecule is COCCOC(=O)C1=C(C)NC(C)=C(C(=O)OCCOC)C1c1cn(-c2ccccc2)nc1-c1ccc2ccccc2c1. The first-order chi connectivity index (χ1) is 20.9. The first-order valence-electron chi connectivity index (χ1n) is 14.1. The average molecular weight is 582 g/mol. The third-order valence-electron chi connectivity index (χ3n) is 7.34. The molecule has 3 aromatic carbocycles. The molecule has 0 aliphatic carbocycles. The molecule has 4 aromatic rings. The summed E-state index contributed by atoms with van der Waals surface area (Å²) in [5.74, 6) is -1.94. The van der Waals surface area contributed by atoms with E-state index in [4.69, 9.17) is 24.0 Å². The fourth-order valence-electron chi connectivity index (χ4n) is 5.31. The summed E-state index contributed by atoms with van der Waals surface area (Å²) in [6.45, 7) is 4.21. The number of allylic oxidation sites excluding steroid dienone is 2. The maximum absolute atomic E-state index is 13.7. The number of hydrogen-bond donors (Lipinski definition) is 1. The summed E-state index contributed by atoms with van der Waals surface area (Å²) in [6, 6.07) is 23.9. The zero-order valence-electron chi connectivity index (χ0n) is 24.8. The number of rotatable bonds is 11. The fourth-order valence-corrected chi connectivity index (χ4v) is 5.31. The first kappa shape index (κ1) is 29.8. The van der Waals surface area contributed by atoms with Gasteiger partial charge in [0.1, 0.15) is 13.2 Å². The van der Waals surface area contributed by atoms with Gasteiger partial charge < -0.3 is 24.3 Å².